The highest BCUT2D eigenvalue weighted by Gasteiger charge is 2.06. The molecule has 6 heteroatoms. The van der Waals surface area contributed by atoms with E-state index in [-0.39, 0.29) is 0 Å². The summed E-state index contributed by atoms with van der Waals surface area (Å²) in [4.78, 5) is 0. The Morgan fingerprint density at radius 1 is 1.47 bits per heavy atom. The Hall–Kier alpha value is -1.40. The van der Waals surface area contributed by atoms with Crippen LogP contribution in [-0.2, 0) is 20.2 Å². The number of aromatic nitrogens is 3. The van der Waals surface area contributed by atoms with Crippen molar-refractivity contribution in [3.63, 3.8) is 0 Å². The summed E-state index contributed by atoms with van der Waals surface area (Å²) in [5.41, 5.74) is 6.62. The Labute approximate surface area is 108 Å². The highest BCUT2D eigenvalue weighted by Crippen LogP contribution is 2.23. The van der Waals surface area contributed by atoms with Crippen molar-refractivity contribution in [3.05, 3.63) is 40.4 Å². The quantitative estimate of drug-likeness (QED) is 0.931. The number of nitrogens with two attached hydrogens (primary N) is 1. The molecule has 0 radical (unpaired) electrons. The second kappa shape index (κ2) is 5.29. The zero-order chi connectivity index (χ0) is 12.3. The molecule has 2 rings (SSSR count). The van der Waals surface area contributed by atoms with E-state index in [9.17, 15) is 0 Å². The topological polar surface area (TPSA) is 66.0 Å². The minimum Gasteiger partial charge on any atom is -0.485 e. The molecule has 5 nitrogen and oxygen atoms in total. The summed E-state index contributed by atoms with van der Waals surface area (Å²) in [5.74, 6) is 1.55. The van der Waals surface area contributed by atoms with Crippen LogP contribution in [0.1, 0.15) is 11.4 Å². The molecule has 90 valence electrons. The van der Waals surface area contributed by atoms with Crippen LogP contribution >= 0.6 is 15.9 Å². The van der Waals surface area contributed by atoms with Crippen molar-refractivity contribution in [2.45, 2.75) is 13.2 Å². The first-order chi connectivity index (χ1) is 8.20. The van der Waals surface area contributed by atoms with Gasteiger partial charge in [-0.05, 0) is 18.2 Å². The highest BCUT2D eigenvalue weighted by molar-refractivity contribution is 9.10. The molecular formula is C11H13BrN4O. The van der Waals surface area contributed by atoms with E-state index in [0.717, 1.165) is 21.6 Å². The molecule has 0 spiro atoms. The largest absolute Gasteiger partial charge is 0.485 e. The number of nitrogens with zero attached hydrogens (tertiary/aromatic N) is 3. The van der Waals surface area contributed by atoms with E-state index >= 15 is 0 Å². The van der Waals surface area contributed by atoms with Gasteiger partial charge in [0, 0.05) is 23.6 Å². The lowest BCUT2D eigenvalue weighted by molar-refractivity contribution is 0.288. The Kier molecular flexibility index (Phi) is 3.75. The summed E-state index contributed by atoms with van der Waals surface area (Å²) in [6.07, 6.45) is 1.64. The van der Waals surface area contributed by atoms with Crippen molar-refractivity contribution in [1.29, 1.82) is 0 Å². The molecule has 1 aromatic heterocycles. The van der Waals surface area contributed by atoms with E-state index in [4.69, 9.17) is 10.5 Å². The van der Waals surface area contributed by atoms with Gasteiger partial charge in [0.15, 0.2) is 5.82 Å². The normalized spacial score (nSPS) is 10.5. The van der Waals surface area contributed by atoms with Gasteiger partial charge in [0.05, 0.1) is 0 Å². The molecule has 2 N–H and O–H groups in total. The van der Waals surface area contributed by atoms with E-state index in [0.29, 0.717) is 13.2 Å². The monoisotopic (exact) mass is 296 g/mol. The lowest BCUT2D eigenvalue weighted by atomic mass is 10.2. The van der Waals surface area contributed by atoms with Crippen molar-refractivity contribution >= 4 is 15.9 Å². The third-order valence-corrected chi connectivity index (χ3v) is 2.90. The van der Waals surface area contributed by atoms with Gasteiger partial charge in [-0.15, -0.1) is 10.2 Å². The van der Waals surface area contributed by atoms with Crippen LogP contribution in [0.15, 0.2) is 29.0 Å². The highest BCUT2D eigenvalue weighted by atomic mass is 79.9. The SMILES string of the molecule is Cn1cnnc1COc1ccc(Br)cc1CN. The molecule has 0 aliphatic carbocycles. The molecule has 2 aromatic rings. The molecule has 0 saturated carbocycles. The minimum absolute atomic E-state index is 0.380. The van der Waals surface area contributed by atoms with Gasteiger partial charge in [-0.1, -0.05) is 15.9 Å². The van der Waals surface area contributed by atoms with E-state index in [2.05, 4.69) is 26.1 Å². The van der Waals surface area contributed by atoms with E-state index in [1.165, 1.54) is 0 Å². The average molecular weight is 297 g/mol. The summed E-state index contributed by atoms with van der Waals surface area (Å²) in [7, 11) is 1.88. The van der Waals surface area contributed by atoms with Gasteiger partial charge in [0.2, 0.25) is 0 Å². The summed E-state index contributed by atoms with van der Waals surface area (Å²) in [6, 6.07) is 5.76. The van der Waals surface area contributed by atoms with Gasteiger partial charge in [-0.2, -0.15) is 0 Å². The molecule has 0 aliphatic rings. The maximum Gasteiger partial charge on any atom is 0.170 e. The van der Waals surface area contributed by atoms with Crippen molar-refractivity contribution < 1.29 is 4.74 Å². The van der Waals surface area contributed by atoms with Crippen LogP contribution in [0.2, 0.25) is 0 Å². The van der Waals surface area contributed by atoms with Crippen molar-refractivity contribution in [2.75, 3.05) is 0 Å². The van der Waals surface area contributed by atoms with Gasteiger partial charge in [0.1, 0.15) is 18.7 Å². The first-order valence-electron chi connectivity index (χ1n) is 5.15. The number of hydrogen-bond acceptors (Lipinski definition) is 4. The zero-order valence-corrected chi connectivity index (χ0v) is 11.0. The lowest BCUT2D eigenvalue weighted by Crippen LogP contribution is -2.06. The molecule has 0 bridgehead atoms. The minimum atomic E-state index is 0.380. The Morgan fingerprint density at radius 2 is 2.29 bits per heavy atom. The second-order valence-electron chi connectivity index (χ2n) is 3.60. The van der Waals surface area contributed by atoms with Crippen LogP contribution in [0.3, 0.4) is 0 Å². The van der Waals surface area contributed by atoms with Gasteiger partial charge in [0.25, 0.3) is 0 Å². The van der Waals surface area contributed by atoms with E-state index < -0.39 is 0 Å². The van der Waals surface area contributed by atoms with Crippen molar-refractivity contribution in [1.82, 2.24) is 14.8 Å². The van der Waals surface area contributed by atoms with Gasteiger partial charge in [-0.25, -0.2) is 0 Å². The van der Waals surface area contributed by atoms with E-state index in [1.807, 2.05) is 29.8 Å². The molecule has 1 aromatic carbocycles. The average Bonchev–Trinajstić information content (AvgIpc) is 2.73. The molecule has 0 atom stereocenters. The molecule has 0 fully saturated rings. The number of ether oxygens (including phenoxy) is 1. The third-order valence-electron chi connectivity index (χ3n) is 2.40. The van der Waals surface area contributed by atoms with Crippen LogP contribution in [0.4, 0.5) is 0 Å². The van der Waals surface area contributed by atoms with Crippen molar-refractivity contribution in [2.24, 2.45) is 12.8 Å². The van der Waals surface area contributed by atoms with Crippen molar-refractivity contribution in [3.8, 4) is 5.75 Å². The molecule has 17 heavy (non-hydrogen) atoms. The van der Waals surface area contributed by atoms with E-state index in [1.54, 1.807) is 6.33 Å². The lowest BCUT2D eigenvalue weighted by Gasteiger charge is -2.10. The predicted octanol–water partition coefficient (Wildman–Crippen LogP) is 1.62. The molecule has 1 heterocycles. The van der Waals surface area contributed by atoms with Gasteiger partial charge >= 0.3 is 0 Å². The van der Waals surface area contributed by atoms with Crippen LogP contribution in [0.5, 0.6) is 5.75 Å². The number of hydrogen-bond donors (Lipinski definition) is 1. The Balaban J connectivity index is 2.11. The zero-order valence-electron chi connectivity index (χ0n) is 9.43. The number of rotatable bonds is 4. The standard InChI is InChI=1S/C11H13BrN4O/c1-16-7-14-15-11(16)6-17-10-3-2-9(12)4-8(10)5-13/h2-4,7H,5-6,13H2,1H3. The second-order valence-corrected chi connectivity index (χ2v) is 4.52. The fraction of sp³-hybridized carbons (Fsp3) is 0.273. The van der Waals surface area contributed by atoms with Crippen LogP contribution in [-0.4, -0.2) is 14.8 Å². The van der Waals surface area contributed by atoms with Crippen LogP contribution < -0.4 is 10.5 Å². The smallest absolute Gasteiger partial charge is 0.170 e. The predicted molar refractivity (Wildman–Crippen MR) is 67.4 cm³/mol. The van der Waals surface area contributed by atoms with Crippen LogP contribution in [0, 0.1) is 0 Å². The van der Waals surface area contributed by atoms with Crippen LogP contribution in [0.25, 0.3) is 0 Å². The first-order valence-corrected chi connectivity index (χ1v) is 5.94. The summed E-state index contributed by atoms with van der Waals surface area (Å²) < 4.78 is 8.49. The number of benzene rings is 1. The molecule has 0 aliphatic heterocycles. The Bertz CT molecular complexity index is 512. The number of aryl methyl sites for hydroxylation is 1. The maximum absolute atomic E-state index is 5.68. The maximum atomic E-state index is 5.68. The molecule has 0 saturated heterocycles. The molecular weight excluding hydrogens is 284 g/mol. The summed E-state index contributed by atoms with van der Waals surface area (Å²) in [6.45, 7) is 0.818. The molecule has 0 unspecified atom stereocenters. The third kappa shape index (κ3) is 2.83. The molecule has 0 amide bonds. The first kappa shape index (κ1) is 12.1. The number of halogens is 1. The fourth-order valence-corrected chi connectivity index (χ4v) is 1.84. The fourth-order valence-electron chi connectivity index (χ4n) is 1.43. The summed E-state index contributed by atoms with van der Waals surface area (Å²) >= 11 is 3.40. The Morgan fingerprint density at radius 3 is 2.94 bits per heavy atom. The summed E-state index contributed by atoms with van der Waals surface area (Å²) in [5, 5.41) is 7.74. The van der Waals surface area contributed by atoms with Gasteiger partial charge < -0.3 is 15.0 Å². The van der Waals surface area contributed by atoms with Gasteiger partial charge in [-0.3, -0.25) is 0 Å².